The van der Waals surface area contributed by atoms with Gasteiger partial charge >= 0.3 is 0 Å². The van der Waals surface area contributed by atoms with Gasteiger partial charge in [-0.25, -0.2) is 0 Å². The molecule has 0 radical (unpaired) electrons. The van der Waals surface area contributed by atoms with Crippen molar-refractivity contribution in [2.75, 3.05) is 25.1 Å². The number of aromatic hydroxyl groups is 2. The van der Waals surface area contributed by atoms with Gasteiger partial charge < -0.3 is 20.3 Å². The molecule has 100 valence electrons. The predicted molar refractivity (Wildman–Crippen MR) is 71.3 cm³/mol. The van der Waals surface area contributed by atoms with E-state index in [-0.39, 0.29) is 23.0 Å². The van der Waals surface area contributed by atoms with Crippen LogP contribution in [0.1, 0.15) is 16.8 Å². The summed E-state index contributed by atoms with van der Waals surface area (Å²) in [5.41, 5.74) is 0.147. The topological polar surface area (TPSA) is 78.8 Å². The Hall–Kier alpha value is -1.27. The Bertz CT molecular complexity index is 398. The summed E-state index contributed by atoms with van der Waals surface area (Å²) >= 11 is 3.24. The summed E-state index contributed by atoms with van der Waals surface area (Å²) in [5, 5.41) is 22.0. The number of hydrogen-bond acceptors (Lipinski definition) is 4. The molecule has 5 nitrogen and oxygen atoms in total. The largest absolute Gasteiger partial charge is 0.508 e. The molecule has 1 amide bonds. The first-order chi connectivity index (χ1) is 8.65. The average molecular weight is 318 g/mol. The summed E-state index contributed by atoms with van der Waals surface area (Å²) in [6, 6.07) is 3.86. The van der Waals surface area contributed by atoms with Gasteiger partial charge in [0.1, 0.15) is 11.5 Å². The van der Waals surface area contributed by atoms with E-state index in [1.165, 1.54) is 12.1 Å². The van der Waals surface area contributed by atoms with E-state index in [0.717, 1.165) is 11.4 Å². The quantitative estimate of drug-likeness (QED) is 0.527. The Morgan fingerprint density at radius 1 is 1.33 bits per heavy atom. The van der Waals surface area contributed by atoms with Gasteiger partial charge in [-0.15, -0.1) is 0 Å². The summed E-state index contributed by atoms with van der Waals surface area (Å²) in [7, 11) is 0. The number of hydrogen-bond donors (Lipinski definition) is 3. The fourth-order valence-corrected chi connectivity index (χ4v) is 1.57. The second-order valence-electron chi connectivity index (χ2n) is 3.61. The molecule has 1 rings (SSSR count). The molecule has 0 aromatic heterocycles. The average Bonchev–Trinajstić information content (AvgIpc) is 2.33. The van der Waals surface area contributed by atoms with Crippen LogP contribution >= 0.6 is 15.9 Å². The van der Waals surface area contributed by atoms with Gasteiger partial charge in [0.05, 0.1) is 12.2 Å². The van der Waals surface area contributed by atoms with Crippen LogP contribution in [0, 0.1) is 0 Å². The molecule has 0 heterocycles. The normalized spacial score (nSPS) is 10.3. The van der Waals surface area contributed by atoms with Crippen molar-refractivity contribution in [1.82, 2.24) is 5.32 Å². The molecule has 1 aromatic carbocycles. The maximum absolute atomic E-state index is 11.7. The van der Waals surface area contributed by atoms with E-state index in [2.05, 4.69) is 21.2 Å². The minimum absolute atomic E-state index is 0.0766. The monoisotopic (exact) mass is 317 g/mol. The molecule has 3 N–H and O–H groups in total. The smallest absolute Gasteiger partial charge is 0.255 e. The summed E-state index contributed by atoms with van der Waals surface area (Å²) in [4.78, 5) is 11.7. The van der Waals surface area contributed by atoms with Crippen molar-refractivity contribution < 1.29 is 19.7 Å². The van der Waals surface area contributed by atoms with Crippen molar-refractivity contribution in [2.24, 2.45) is 0 Å². The van der Waals surface area contributed by atoms with Crippen molar-refractivity contribution in [3.05, 3.63) is 23.8 Å². The number of benzene rings is 1. The van der Waals surface area contributed by atoms with Crippen LogP contribution in [0.15, 0.2) is 18.2 Å². The molecule has 0 spiro atoms. The molecule has 0 aliphatic rings. The summed E-state index contributed by atoms with van der Waals surface area (Å²) in [5.74, 6) is -0.678. The third-order valence-corrected chi connectivity index (χ3v) is 2.52. The van der Waals surface area contributed by atoms with Crippen LogP contribution in [0.3, 0.4) is 0 Å². The van der Waals surface area contributed by atoms with Gasteiger partial charge in [-0.2, -0.15) is 0 Å². The van der Waals surface area contributed by atoms with Gasteiger partial charge in [0.15, 0.2) is 0 Å². The molecule has 0 saturated carbocycles. The number of halogens is 1. The number of phenols is 2. The van der Waals surface area contributed by atoms with Crippen molar-refractivity contribution in [3.63, 3.8) is 0 Å². The fraction of sp³-hybridized carbons (Fsp3) is 0.417. The van der Waals surface area contributed by atoms with Crippen molar-refractivity contribution >= 4 is 21.8 Å². The number of nitrogens with one attached hydrogen (secondary N) is 1. The van der Waals surface area contributed by atoms with Gasteiger partial charge in [0.25, 0.3) is 5.91 Å². The van der Waals surface area contributed by atoms with Crippen molar-refractivity contribution in [3.8, 4) is 11.5 Å². The Kier molecular flexibility index (Phi) is 6.53. The molecule has 0 atom stereocenters. The van der Waals surface area contributed by atoms with Crippen LogP contribution in [0.5, 0.6) is 11.5 Å². The van der Waals surface area contributed by atoms with Crippen LogP contribution in [-0.4, -0.2) is 41.2 Å². The third kappa shape index (κ3) is 4.93. The third-order valence-electron chi connectivity index (χ3n) is 2.20. The van der Waals surface area contributed by atoms with Crippen molar-refractivity contribution in [1.29, 1.82) is 0 Å². The van der Waals surface area contributed by atoms with Gasteiger partial charge in [-0.3, -0.25) is 4.79 Å². The summed E-state index contributed by atoms with van der Waals surface area (Å²) in [6.45, 7) is 1.70. The van der Waals surface area contributed by atoms with E-state index in [1.54, 1.807) is 0 Å². The number of carbonyl (C=O) groups excluding carboxylic acids is 1. The van der Waals surface area contributed by atoms with E-state index in [1.807, 2.05) is 0 Å². The highest BCUT2D eigenvalue weighted by Crippen LogP contribution is 2.22. The molecule has 0 bridgehead atoms. The molecule has 0 unspecified atom stereocenters. The zero-order chi connectivity index (χ0) is 13.4. The highest BCUT2D eigenvalue weighted by atomic mass is 79.9. The van der Waals surface area contributed by atoms with Crippen LogP contribution in [0.4, 0.5) is 0 Å². The highest BCUT2D eigenvalue weighted by molar-refractivity contribution is 9.09. The summed E-state index contributed by atoms with van der Waals surface area (Å²) in [6.07, 6.45) is 0.706. The zero-order valence-corrected chi connectivity index (χ0v) is 11.4. The number of rotatable bonds is 7. The molecular weight excluding hydrogens is 302 g/mol. The van der Waals surface area contributed by atoms with Gasteiger partial charge in [-0.05, 0) is 18.6 Å². The number of amides is 1. The second kappa shape index (κ2) is 7.94. The van der Waals surface area contributed by atoms with Crippen LogP contribution in [0.25, 0.3) is 0 Å². The first-order valence-electron chi connectivity index (χ1n) is 5.59. The lowest BCUT2D eigenvalue weighted by Crippen LogP contribution is -2.25. The molecule has 0 saturated heterocycles. The lowest BCUT2D eigenvalue weighted by atomic mass is 10.2. The van der Waals surface area contributed by atoms with E-state index in [9.17, 15) is 9.90 Å². The Morgan fingerprint density at radius 3 is 2.78 bits per heavy atom. The molecular formula is C12H16BrNO4. The first-order valence-corrected chi connectivity index (χ1v) is 6.71. The molecule has 0 aliphatic carbocycles. The van der Waals surface area contributed by atoms with E-state index in [0.29, 0.717) is 26.2 Å². The number of carbonyl (C=O) groups is 1. The molecule has 18 heavy (non-hydrogen) atoms. The van der Waals surface area contributed by atoms with Gasteiger partial charge in [0.2, 0.25) is 0 Å². The highest BCUT2D eigenvalue weighted by Gasteiger charge is 2.10. The van der Waals surface area contributed by atoms with E-state index >= 15 is 0 Å². The van der Waals surface area contributed by atoms with E-state index < -0.39 is 0 Å². The Balaban J connectivity index is 2.32. The number of ether oxygens (including phenoxy) is 1. The second-order valence-corrected chi connectivity index (χ2v) is 4.41. The Morgan fingerprint density at radius 2 is 2.11 bits per heavy atom. The van der Waals surface area contributed by atoms with Gasteiger partial charge in [-0.1, -0.05) is 15.9 Å². The summed E-state index contributed by atoms with van der Waals surface area (Å²) < 4.78 is 5.23. The van der Waals surface area contributed by atoms with E-state index in [4.69, 9.17) is 9.84 Å². The lowest BCUT2D eigenvalue weighted by Gasteiger charge is -2.07. The zero-order valence-electron chi connectivity index (χ0n) is 9.86. The lowest BCUT2D eigenvalue weighted by molar-refractivity contribution is 0.0942. The number of alkyl halides is 1. The first kappa shape index (κ1) is 14.8. The molecule has 1 aromatic rings. The van der Waals surface area contributed by atoms with Crippen LogP contribution in [-0.2, 0) is 4.74 Å². The minimum Gasteiger partial charge on any atom is -0.508 e. The molecule has 0 aliphatic heterocycles. The van der Waals surface area contributed by atoms with Crippen LogP contribution in [0.2, 0.25) is 0 Å². The maximum Gasteiger partial charge on any atom is 0.255 e. The fourth-order valence-electron chi connectivity index (χ4n) is 1.34. The van der Waals surface area contributed by atoms with Crippen molar-refractivity contribution in [2.45, 2.75) is 6.42 Å². The van der Waals surface area contributed by atoms with Crippen LogP contribution < -0.4 is 5.32 Å². The Labute approximate surface area is 114 Å². The predicted octanol–water partition coefficient (Wildman–Crippen LogP) is 1.63. The van der Waals surface area contributed by atoms with Gasteiger partial charge in [0, 0.05) is 24.5 Å². The standard InChI is InChI=1S/C12H16BrNO4/c13-4-7-18-6-1-5-14-12(17)10-3-2-9(15)8-11(10)16/h2-3,8,15-16H,1,4-7H2,(H,14,17). The number of phenolic OH excluding ortho intramolecular Hbond substituents is 2. The minimum atomic E-state index is -0.368. The SMILES string of the molecule is O=C(NCCCOCCBr)c1ccc(O)cc1O. The molecule has 0 fully saturated rings. The maximum atomic E-state index is 11.7. The molecule has 6 heteroatoms.